The average molecular weight is 319 g/mol. The van der Waals surface area contributed by atoms with E-state index in [4.69, 9.17) is 4.74 Å². The zero-order valence-electron chi connectivity index (χ0n) is 13.1. The molecule has 0 fully saturated rings. The van der Waals surface area contributed by atoms with E-state index in [0.717, 1.165) is 47.7 Å². The summed E-state index contributed by atoms with van der Waals surface area (Å²) in [7, 11) is 0. The van der Waals surface area contributed by atoms with Gasteiger partial charge in [0.1, 0.15) is 11.5 Å². The Hall–Kier alpha value is -3.08. The molecule has 24 heavy (non-hydrogen) atoms. The molecule has 0 bridgehead atoms. The summed E-state index contributed by atoms with van der Waals surface area (Å²) in [6.45, 7) is 0. The highest BCUT2D eigenvalue weighted by molar-refractivity contribution is 6.04. The molecule has 1 heterocycles. The van der Waals surface area contributed by atoms with E-state index in [1.807, 2.05) is 54.6 Å². The van der Waals surface area contributed by atoms with E-state index < -0.39 is 0 Å². The van der Waals surface area contributed by atoms with Crippen LogP contribution in [0, 0.1) is 0 Å². The molecule has 0 spiro atoms. The number of ether oxygens (including phenoxy) is 1. The third kappa shape index (κ3) is 2.88. The third-order valence-corrected chi connectivity index (χ3v) is 4.11. The van der Waals surface area contributed by atoms with Crippen LogP contribution < -0.4 is 10.1 Å². The molecular formula is C19H17N3O2. The van der Waals surface area contributed by atoms with Gasteiger partial charge in [-0.05, 0) is 55.7 Å². The summed E-state index contributed by atoms with van der Waals surface area (Å²) in [5.74, 6) is 1.33. The van der Waals surface area contributed by atoms with Gasteiger partial charge in [0.2, 0.25) is 0 Å². The largest absolute Gasteiger partial charge is 0.457 e. The molecule has 0 saturated heterocycles. The number of hydrogen-bond donors (Lipinski definition) is 2. The highest BCUT2D eigenvalue weighted by Gasteiger charge is 2.22. The molecule has 0 aliphatic heterocycles. The molecule has 0 atom stereocenters. The van der Waals surface area contributed by atoms with Crippen molar-refractivity contribution < 1.29 is 9.53 Å². The number of aromatic nitrogens is 2. The lowest BCUT2D eigenvalue weighted by Gasteiger charge is -2.07. The highest BCUT2D eigenvalue weighted by Crippen LogP contribution is 2.25. The van der Waals surface area contributed by atoms with Crippen molar-refractivity contribution in [3.8, 4) is 11.5 Å². The monoisotopic (exact) mass is 319 g/mol. The van der Waals surface area contributed by atoms with Crippen LogP contribution in [0.3, 0.4) is 0 Å². The number of hydrogen-bond acceptors (Lipinski definition) is 3. The topological polar surface area (TPSA) is 67.0 Å². The van der Waals surface area contributed by atoms with E-state index >= 15 is 0 Å². The van der Waals surface area contributed by atoms with E-state index in [1.165, 1.54) is 0 Å². The van der Waals surface area contributed by atoms with Crippen molar-refractivity contribution in [2.75, 3.05) is 5.32 Å². The van der Waals surface area contributed by atoms with Crippen molar-refractivity contribution in [2.24, 2.45) is 0 Å². The first kappa shape index (κ1) is 14.5. The van der Waals surface area contributed by atoms with Gasteiger partial charge in [-0.15, -0.1) is 0 Å². The lowest BCUT2D eigenvalue weighted by molar-refractivity contribution is 0.102. The number of H-pyrrole nitrogens is 1. The summed E-state index contributed by atoms with van der Waals surface area (Å²) in [4.78, 5) is 12.4. The molecule has 1 aliphatic rings. The first-order chi connectivity index (χ1) is 11.8. The zero-order chi connectivity index (χ0) is 16.4. The van der Waals surface area contributed by atoms with Gasteiger partial charge in [-0.25, -0.2) is 0 Å². The number of benzene rings is 2. The molecule has 0 radical (unpaired) electrons. The van der Waals surface area contributed by atoms with Crippen molar-refractivity contribution >= 4 is 11.6 Å². The van der Waals surface area contributed by atoms with Crippen LogP contribution in [-0.4, -0.2) is 16.1 Å². The number of nitrogens with one attached hydrogen (secondary N) is 2. The summed E-state index contributed by atoms with van der Waals surface area (Å²) >= 11 is 0. The predicted octanol–water partition coefficient (Wildman–Crippen LogP) is 3.94. The van der Waals surface area contributed by atoms with Gasteiger partial charge < -0.3 is 10.1 Å². The van der Waals surface area contributed by atoms with Crippen LogP contribution in [0.2, 0.25) is 0 Å². The number of aryl methyl sites for hydroxylation is 1. The number of amides is 1. The minimum atomic E-state index is -0.175. The standard InChI is InChI=1S/C19H17N3O2/c23-19(18-16-7-4-8-17(16)21-22-18)20-13-9-11-15(12-10-13)24-14-5-2-1-3-6-14/h1-3,5-6,9-12H,4,7-8H2,(H,20,23)(H,21,22). The van der Waals surface area contributed by atoms with E-state index in [-0.39, 0.29) is 5.91 Å². The van der Waals surface area contributed by atoms with Gasteiger partial charge in [0.15, 0.2) is 5.69 Å². The predicted molar refractivity (Wildman–Crippen MR) is 91.5 cm³/mol. The van der Waals surface area contributed by atoms with Gasteiger partial charge in [0.25, 0.3) is 5.91 Å². The minimum absolute atomic E-state index is 0.175. The van der Waals surface area contributed by atoms with Crippen molar-refractivity contribution in [2.45, 2.75) is 19.3 Å². The number of aromatic amines is 1. The summed E-state index contributed by atoms with van der Waals surface area (Å²) in [6, 6.07) is 16.9. The second kappa shape index (κ2) is 6.20. The molecule has 5 heteroatoms. The lowest BCUT2D eigenvalue weighted by Crippen LogP contribution is -2.14. The quantitative estimate of drug-likeness (QED) is 0.765. The zero-order valence-corrected chi connectivity index (χ0v) is 13.1. The summed E-state index contributed by atoms with van der Waals surface area (Å²) < 4.78 is 5.74. The Morgan fingerprint density at radius 2 is 1.75 bits per heavy atom. The van der Waals surface area contributed by atoms with Crippen LogP contribution in [0.15, 0.2) is 54.6 Å². The molecule has 1 aliphatic carbocycles. The Morgan fingerprint density at radius 1 is 1.00 bits per heavy atom. The maximum Gasteiger partial charge on any atom is 0.276 e. The number of carbonyl (C=O) groups excluding carboxylic acids is 1. The molecule has 1 aromatic heterocycles. The smallest absolute Gasteiger partial charge is 0.276 e. The van der Waals surface area contributed by atoms with Crippen molar-refractivity contribution in [3.05, 3.63) is 71.5 Å². The SMILES string of the molecule is O=C(Nc1ccc(Oc2ccccc2)cc1)c1n[nH]c2c1CCC2. The van der Waals surface area contributed by atoms with E-state index in [1.54, 1.807) is 0 Å². The van der Waals surface area contributed by atoms with E-state index in [9.17, 15) is 4.79 Å². The van der Waals surface area contributed by atoms with Crippen molar-refractivity contribution in [1.29, 1.82) is 0 Å². The Morgan fingerprint density at radius 3 is 2.54 bits per heavy atom. The molecule has 120 valence electrons. The summed E-state index contributed by atoms with van der Waals surface area (Å²) in [5.41, 5.74) is 3.37. The van der Waals surface area contributed by atoms with Crippen molar-refractivity contribution in [1.82, 2.24) is 10.2 Å². The van der Waals surface area contributed by atoms with Crippen molar-refractivity contribution in [3.63, 3.8) is 0 Å². The Labute approximate surface area is 139 Å². The molecule has 0 saturated carbocycles. The van der Waals surface area contributed by atoms with Gasteiger partial charge in [0.05, 0.1) is 0 Å². The number of rotatable bonds is 4. The fraction of sp³-hybridized carbons (Fsp3) is 0.158. The van der Waals surface area contributed by atoms with Crippen LogP contribution >= 0.6 is 0 Å². The second-order valence-corrected chi connectivity index (χ2v) is 5.78. The minimum Gasteiger partial charge on any atom is -0.457 e. The Bertz CT molecular complexity index is 854. The molecule has 0 unspecified atom stereocenters. The fourth-order valence-corrected chi connectivity index (χ4v) is 2.93. The molecular weight excluding hydrogens is 302 g/mol. The van der Waals surface area contributed by atoms with Crippen LogP contribution in [-0.2, 0) is 12.8 Å². The first-order valence-electron chi connectivity index (χ1n) is 8.00. The van der Waals surface area contributed by atoms with Gasteiger partial charge in [-0.2, -0.15) is 5.10 Å². The summed E-state index contributed by atoms with van der Waals surface area (Å²) in [6.07, 6.45) is 2.97. The third-order valence-electron chi connectivity index (χ3n) is 4.11. The number of anilines is 1. The average Bonchev–Trinajstić information content (AvgIpc) is 3.21. The highest BCUT2D eigenvalue weighted by atomic mass is 16.5. The summed E-state index contributed by atoms with van der Waals surface area (Å²) in [5, 5.41) is 9.99. The lowest BCUT2D eigenvalue weighted by atomic mass is 10.2. The van der Waals surface area contributed by atoms with E-state index in [0.29, 0.717) is 5.69 Å². The number of nitrogens with zero attached hydrogens (tertiary/aromatic N) is 1. The Kier molecular flexibility index (Phi) is 3.75. The second-order valence-electron chi connectivity index (χ2n) is 5.78. The Balaban J connectivity index is 1.44. The molecule has 3 aromatic rings. The molecule has 1 amide bonds. The van der Waals surface area contributed by atoms with Gasteiger partial charge >= 0.3 is 0 Å². The van der Waals surface area contributed by atoms with Gasteiger partial charge in [-0.3, -0.25) is 9.89 Å². The fourth-order valence-electron chi connectivity index (χ4n) is 2.93. The van der Waals surface area contributed by atoms with Crippen LogP contribution in [0.4, 0.5) is 5.69 Å². The molecule has 2 aromatic carbocycles. The van der Waals surface area contributed by atoms with E-state index in [2.05, 4.69) is 15.5 Å². The maximum atomic E-state index is 12.4. The number of para-hydroxylation sites is 1. The van der Waals surface area contributed by atoms with Crippen LogP contribution in [0.1, 0.15) is 28.2 Å². The molecule has 4 rings (SSSR count). The maximum absolute atomic E-state index is 12.4. The van der Waals surface area contributed by atoms with Crippen LogP contribution in [0.25, 0.3) is 0 Å². The molecule has 5 nitrogen and oxygen atoms in total. The first-order valence-corrected chi connectivity index (χ1v) is 8.00. The van der Waals surface area contributed by atoms with Gasteiger partial charge in [-0.1, -0.05) is 18.2 Å². The van der Waals surface area contributed by atoms with Crippen LogP contribution in [0.5, 0.6) is 11.5 Å². The number of fused-ring (bicyclic) bond motifs is 1. The van der Waals surface area contributed by atoms with Gasteiger partial charge in [0, 0.05) is 16.9 Å². The number of carbonyl (C=O) groups is 1. The normalized spacial score (nSPS) is 12.7. The molecule has 2 N–H and O–H groups in total.